The first-order valence-electron chi connectivity index (χ1n) is 7.67. The number of piperidine rings is 1. The Balaban J connectivity index is 1.59. The fourth-order valence-corrected chi connectivity index (χ4v) is 2.77. The van der Waals surface area contributed by atoms with Crippen molar-refractivity contribution in [3.8, 4) is 11.6 Å². The van der Waals surface area contributed by atoms with Gasteiger partial charge in [-0.25, -0.2) is 4.98 Å². The zero-order valence-corrected chi connectivity index (χ0v) is 13.0. The highest BCUT2D eigenvalue weighted by Gasteiger charge is 2.19. The Morgan fingerprint density at radius 1 is 1.59 bits per heavy atom. The van der Waals surface area contributed by atoms with Crippen LogP contribution in [0.5, 0.6) is 0 Å². The highest BCUT2D eigenvalue weighted by Crippen LogP contribution is 2.16. The van der Waals surface area contributed by atoms with Crippen LogP contribution in [0.3, 0.4) is 0 Å². The molecule has 1 fully saturated rings. The van der Waals surface area contributed by atoms with E-state index in [1.165, 1.54) is 12.8 Å². The Kier molecular flexibility index (Phi) is 4.41. The first-order chi connectivity index (χ1) is 10.8. The fourth-order valence-electron chi connectivity index (χ4n) is 2.77. The normalized spacial score (nSPS) is 19.5. The third kappa shape index (κ3) is 3.29. The van der Waals surface area contributed by atoms with E-state index in [1.54, 1.807) is 6.26 Å². The molecule has 3 heterocycles. The zero-order chi connectivity index (χ0) is 15.4. The van der Waals surface area contributed by atoms with Crippen LogP contribution in [0.25, 0.3) is 11.6 Å². The van der Waals surface area contributed by atoms with E-state index in [0.29, 0.717) is 24.0 Å². The number of H-pyrrole nitrogens is 1. The molecule has 7 heteroatoms. The molecule has 0 aromatic carbocycles. The highest BCUT2D eigenvalue weighted by molar-refractivity contribution is 5.79. The Labute approximate surface area is 129 Å². The van der Waals surface area contributed by atoms with Gasteiger partial charge < -0.3 is 14.6 Å². The maximum atomic E-state index is 5.29. The predicted molar refractivity (Wildman–Crippen MR) is 84.3 cm³/mol. The number of furan rings is 1. The average molecular weight is 302 g/mol. The number of aromatic nitrogens is 3. The minimum Gasteiger partial charge on any atom is -0.461 e. The monoisotopic (exact) mass is 302 g/mol. The second kappa shape index (κ2) is 6.64. The van der Waals surface area contributed by atoms with Crippen molar-refractivity contribution in [3.63, 3.8) is 0 Å². The van der Waals surface area contributed by atoms with Gasteiger partial charge in [-0.15, -0.1) is 5.10 Å². The zero-order valence-electron chi connectivity index (χ0n) is 13.0. The number of aliphatic imine (C=N–C) groups is 1. The van der Waals surface area contributed by atoms with Gasteiger partial charge in [-0.3, -0.25) is 10.1 Å². The van der Waals surface area contributed by atoms with Crippen LogP contribution in [-0.4, -0.2) is 46.2 Å². The number of nitrogens with zero attached hydrogens (tertiary/aromatic N) is 4. The molecule has 0 saturated carbocycles. The van der Waals surface area contributed by atoms with Crippen molar-refractivity contribution in [1.82, 2.24) is 25.4 Å². The van der Waals surface area contributed by atoms with Crippen LogP contribution in [0.1, 0.15) is 25.6 Å². The first-order valence-corrected chi connectivity index (χ1v) is 7.67. The summed E-state index contributed by atoms with van der Waals surface area (Å²) in [5.41, 5.74) is 0. The summed E-state index contributed by atoms with van der Waals surface area (Å²) in [5.74, 6) is 3.63. The first kappa shape index (κ1) is 14.6. The Hall–Kier alpha value is -2.31. The van der Waals surface area contributed by atoms with Crippen molar-refractivity contribution >= 4 is 5.96 Å². The lowest BCUT2D eigenvalue weighted by atomic mass is 10.0. The molecule has 0 radical (unpaired) electrons. The molecule has 7 nitrogen and oxygen atoms in total. The molecule has 0 spiro atoms. The Morgan fingerprint density at radius 2 is 2.50 bits per heavy atom. The van der Waals surface area contributed by atoms with Gasteiger partial charge in [0.2, 0.25) is 5.82 Å². The van der Waals surface area contributed by atoms with Crippen LogP contribution in [0.15, 0.2) is 27.8 Å². The molecule has 118 valence electrons. The Morgan fingerprint density at radius 3 is 3.23 bits per heavy atom. The molecule has 1 aliphatic heterocycles. The van der Waals surface area contributed by atoms with Crippen LogP contribution >= 0.6 is 0 Å². The van der Waals surface area contributed by atoms with E-state index in [0.717, 1.165) is 24.9 Å². The number of hydrogen-bond acceptors (Lipinski definition) is 4. The molecule has 1 unspecified atom stereocenters. The summed E-state index contributed by atoms with van der Waals surface area (Å²) >= 11 is 0. The lowest BCUT2D eigenvalue weighted by Gasteiger charge is -2.33. The summed E-state index contributed by atoms with van der Waals surface area (Å²) in [7, 11) is 1.82. The van der Waals surface area contributed by atoms with E-state index in [9.17, 15) is 0 Å². The summed E-state index contributed by atoms with van der Waals surface area (Å²) in [6, 6.07) is 3.66. The van der Waals surface area contributed by atoms with E-state index >= 15 is 0 Å². The molecule has 2 N–H and O–H groups in total. The number of aromatic amines is 1. The number of nitrogens with one attached hydrogen (secondary N) is 2. The quantitative estimate of drug-likeness (QED) is 0.668. The van der Waals surface area contributed by atoms with E-state index in [1.807, 2.05) is 19.2 Å². The van der Waals surface area contributed by atoms with Crippen molar-refractivity contribution < 1.29 is 4.42 Å². The maximum Gasteiger partial charge on any atom is 0.216 e. The summed E-state index contributed by atoms with van der Waals surface area (Å²) < 4.78 is 5.29. The van der Waals surface area contributed by atoms with Crippen molar-refractivity contribution in [2.45, 2.75) is 26.3 Å². The van der Waals surface area contributed by atoms with Crippen molar-refractivity contribution in [2.75, 3.05) is 20.1 Å². The van der Waals surface area contributed by atoms with E-state index in [-0.39, 0.29) is 0 Å². The highest BCUT2D eigenvalue weighted by atomic mass is 16.3. The van der Waals surface area contributed by atoms with E-state index in [4.69, 9.17) is 4.42 Å². The third-order valence-corrected chi connectivity index (χ3v) is 3.86. The molecule has 22 heavy (non-hydrogen) atoms. The summed E-state index contributed by atoms with van der Waals surface area (Å²) in [5, 5.41) is 10.4. The third-order valence-electron chi connectivity index (χ3n) is 3.86. The van der Waals surface area contributed by atoms with Crippen LogP contribution in [-0.2, 0) is 6.54 Å². The van der Waals surface area contributed by atoms with Crippen LogP contribution in [0.4, 0.5) is 0 Å². The van der Waals surface area contributed by atoms with Gasteiger partial charge in [0.15, 0.2) is 11.7 Å². The lowest BCUT2D eigenvalue weighted by molar-refractivity contribution is 0.266. The molecular formula is C15H22N6O. The number of hydrogen-bond donors (Lipinski definition) is 2. The SMILES string of the molecule is CN=C(NCc1nc(-c2ccco2)n[nH]1)N1CCCC(C)C1. The molecular weight excluding hydrogens is 280 g/mol. The van der Waals surface area contributed by atoms with Gasteiger partial charge in [0.05, 0.1) is 12.8 Å². The van der Waals surface area contributed by atoms with Gasteiger partial charge in [0.25, 0.3) is 0 Å². The second-order valence-corrected chi connectivity index (χ2v) is 5.68. The topological polar surface area (TPSA) is 82.3 Å². The minimum atomic E-state index is 0.561. The molecule has 2 aromatic rings. The summed E-state index contributed by atoms with van der Waals surface area (Å²) in [6.45, 7) is 4.95. The maximum absolute atomic E-state index is 5.29. The standard InChI is InChI=1S/C15H22N6O/c1-11-5-3-7-21(10-11)15(16-2)17-9-13-18-14(20-19-13)12-6-4-8-22-12/h4,6,8,11H,3,5,7,9-10H2,1-2H3,(H,16,17)(H,18,19,20). The van der Waals surface area contributed by atoms with Gasteiger partial charge in [-0.05, 0) is 30.9 Å². The van der Waals surface area contributed by atoms with Gasteiger partial charge in [0.1, 0.15) is 5.82 Å². The number of rotatable bonds is 3. The molecule has 3 rings (SSSR count). The van der Waals surface area contributed by atoms with Crippen LogP contribution in [0.2, 0.25) is 0 Å². The van der Waals surface area contributed by atoms with Gasteiger partial charge in [-0.2, -0.15) is 0 Å². The van der Waals surface area contributed by atoms with E-state index in [2.05, 4.69) is 37.3 Å². The number of guanidine groups is 1. The lowest BCUT2D eigenvalue weighted by Crippen LogP contribution is -2.46. The van der Waals surface area contributed by atoms with Crippen molar-refractivity contribution in [2.24, 2.45) is 10.9 Å². The predicted octanol–water partition coefficient (Wildman–Crippen LogP) is 1.87. The molecule has 0 bridgehead atoms. The fraction of sp³-hybridized carbons (Fsp3) is 0.533. The molecule has 1 saturated heterocycles. The van der Waals surface area contributed by atoms with Crippen LogP contribution in [0, 0.1) is 5.92 Å². The smallest absolute Gasteiger partial charge is 0.216 e. The van der Waals surface area contributed by atoms with Crippen molar-refractivity contribution in [3.05, 3.63) is 24.2 Å². The number of likely N-dealkylation sites (tertiary alicyclic amines) is 1. The minimum absolute atomic E-state index is 0.561. The average Bonchev–Trinajstić information content (AvgIpc) is 3.19. The van der Waals surface area contributed by atoms with Gasteiger partial charge in [-0.1, -0.05) is 6.92 Å². The second-order valence-electron chi connectivity index (χ2n) is 5.68. The molecule has 0 amide bonds. The molecule has 1 aliphatic rings. The summed E-state index contributed by atoms with van der Waals surface area (Å²) in [6.07, 6.45) is 4.12. The van der Waals surface area contributed by atoms with Gasteiger partial charge >= 0.3 is 0 Å². The van der Waals surface area contributed by atoms with Crippen LogP contribution < -0.4 is 5.32 Å². The van der Waals surface area contributed by atoms with Gasteiger partial charge in [0, 0.05) is 20.1 Å². The molecule has 1 atom stereocenters. The largest absolute Gasteiger partial charge is 0.461 e. The Bertz CT molecular complexity index is 618. The molecule has 0 aliphatic carbocycles. The molecule has 2 aromatic heterocycles. The summed E-state index contributed by atoms with van der Waals surface area (Å²) in [4.78, 5) is 11.1. The van der Waals surface area contributed by atoms with E-state index < -0.39 is 0 Å². The van der Waals surface area contributed by atoms with Crippen molar-refractivity contribution in [1.29, 1.82) is 0 Å².